The van der Waals surface area contributed by atoms with Gasteiger partial charge in [0, 0.05) is 11.4 Å². The van der Waals surface area contributed by atoms with E-state index in [0.717, 1.165) is 6.42 Å². The Labute approximate surface area is 114 Å². The third kappa shape index (κ3) is 2.32. The van der Waals surface area contributed by atoms with E-state index in [1.165, 1.54) is 35.0 Å². The fourth-order valence-corrected chi connectivity index (χ4v) is 3.47. The molecule has 0 spiro atoms. The van der Waals surface area contributed by atoms with E-state index in [1.54, 1.807) is 0 Å². The molecule has 1 aliphatic rings. The van der Waals surface area contributed by atoms with Gasteiger partial charge in [-0.15, -0.1) is 11.8 Å². The first-order valence-electron chi connectivity index (χ1n) is 6.10. The first-order valence-corrected chi connectivity index (χ1v) is 7.09. The normalized spacial score (nSPS) is 16.8. The summed E-state index contributed by atoms with van der Waals surface area (Å²) in [5.74, 6) is -0.0721. The molecular weight excluding hydrogens is 264 g/mol. The van der Waals surface area contributed by atoms with E-state index in [-0.39, 0.29) is 10.6 Å². The van der Waals surface area contributed by atoms with Crippen LogP contribution in [0, 0.1) is 11.6 Å². The van der Waals surface area contributed by atoms with Crippen molar-refractivity contribution in [1.29, 1.82) is 0 Å². The van der Waals surface area contributed by atoms with Crippen LogP contribution < -0.4 is 5.73 Å². The predicted molar refractivity (Wildman–Crippen MR) is 74.4 cm³/mol. The Bertz CT molecular complexity index is 604. The first-order chi connectivity index (χ1) is 9.15. The van der Waals surface area contributed by atoms with E-state index in [1.807, 2.05) is 12.1 Å². The molecule has 4 heteroatoms. The summed E-state index contributed by atoms with van der Waals surface area (Å²) in [6.45, 7) is 0. The maximum Gasteiger partial charge on any atom is 0.141 e. The lowest BCUT2D eigenvalue weighted by Crippen LogP contribution is -2.18. The summed E-state index contributed by atoms with van der Waals surface area (Å²) in [5, 5.41) is 0. The van der Waals surface area contributed by atoms with Crippen LogP contribution in [0.2, 0.25) is 0 Å². The monoisotopic (exact) mass is 277 g/mol. The maximum atomic E-state index is 13.6. The zero-order valence-corrected chi connectivity index (χ0v) is 11.0. The molecule has 0 heterocycles. The topological polar surface area (TPSA) is 26.0 Å². The quantitative estimate of drug-likeness (QED) is 0.678. The van der Waals surface area contributed by atoms with E-state index < -0.39 is 11.6 Å². The lowest BCUT2D eigenvalue weighted by Gasteiger charge is -2.29. The van der Waals surface area contributed by atoms with Crippen LogP contribution in [0.1, 0.15) is 17.0 Å². The average molecular weight is 277 g/mol. The zero-order chi connectivity index (χ0) is 13.4. The Hall–Kier alpha value is -1.55. The second kappa shape index (κ2) is 4.85. The second-order valence-corrected chi connectivity index (χ2v) is 5.75. The number of anilines is 1. The average Bonchev–Trinajstić information content (AvgIpc) is 2.33. The van der Waals surface area contributed by atoms with Crippen molar-refractivity contribution in [3.63, 3.8) is 0 Å². The number of hydrogen-bond acceptors (Lipinski definition) is 2. The molecule has 2 N–H and O–H groups in total. The van der Waals surface area contributed by atoms with E-state index in [0.29, 0.717) is 11.7 Å². The van der Waals surface area contributed by atoms with Crippen molar-refractivity contribution in [2.45, 2.75) is 17.2 Å². The number of rotatable bonds is 3. The Kier molecular flexibility index (Phi) is 3.19. The minimum atomic E-state index is -0.574. The molecular formula is C15H13F2NS. The summed E-state index contributed by atoms with van der Waals surface area (Å²) in [5.41, 5.74) is 8.15. The van der Waals surface area contributed by atoms with Crippen molar-refractivity contribution in [3.05, 3.63) is 59.2 Å². The third-order valence-corrected chi connectivity index (χ3v) is 4.66. The molecule has 1 unspecified atom stereocenters. The minimum Gasteiger partial charge on any atom is -0.399 e. The van der Waals surface area contributed by atoms with Crippen LogP contribution in [0.25, 0.3) is 0 Å². The van der Waals surface area contributed by atoms with Gasteiger partial charge >= 0.3 is 0 Å². The highest BCUT2D eigenvalue weighted by atomic mass is 32.2. The lowest BCUT2D eigenvalue weighted by molar-refractivity contribution is 0.541. The van der Waals surface area contributed by atoms with Gasteiger partial charge in [0.05, 0.1) is 4.90 Å². The van der Waals surface area contributed by atoms with Gasteiger partial charge in [-0.1, -0.05) is 24.3 Å². The number of hydrogen-bond donors (Lipinski definition) is 1. The second-order valence-electron chi connectivity index (χ2n) is 4.72. The van der Waals surface area contributed by atoms with Crippen molar-refractivity contribution in [3.8, 4) is 0 Å². The van der Waals surface area contributed by atoms with E-state index in [2.05, 4.69) is 12.1 Å². The number of thioether (sulfide) groups is 1. The molecule has 0 bridgehead atoms. The molecule has 1 aliphatic carbocycles. The van der Waals surface area contributed by atoms with Crippen LogP contribution in [0.5, 0.6) is 0 Å². The minimum absolute atomic E-state index is 0.0681. The van der Waals surface area contributed by atoms with Gasteiger partial charge in [0.2, 0.25) is 0 Å². The Morgan fingerprint density at radius 2 is 1.84 bits per heavy atom. The summed E-state index contributed by atoms with van der Waals surface area (Å²) in [4.78, 5) is 0.0681. The Morgan fingerprint density at radius 3 is 2.53 bits per heavy atom. The molecule has 19 heavy (non-hydrogen) atoms. The summed E-state index contributed by atoms with van der Waals surface area (Å²) < 4.78 is 27.3. The summed E-state index contributed by atoms with van der Waals surface area (Å²) in [6.07, 6.45) is 0.987. The molecule has 3 rings (SSSR count). The van der Waals surface area contributed by atoms with Crippen molar-refractivity contribution >= 4 is 17.4 Å². The maximum absolute atomic E-state index is 13.6. The van der Waals surface area contributed by atoms with Gasteiger partial charge in [-0.2, -0.15) is 0 Å². The summed E-state index contributed by atoms with van der Waals surface area (Å²) in [6, 6.07) is 10.5. The molecule has 2 aromatic carbocycles. The molecule has 1 nitrogen and oxygen atoms in total. The smallest absolute Gasteiger partial charge is 0.141 e. The fourth-order valence-electron chi connectivity index (χ4n) is 2.41. The van der Waals surface area contributed by atoms with E-state index in [9.17, 15) is 8.78 Å². The van der Waals surface area contributed by atoms with Gasteiger partial charge in [0.25, 0.3) is 0 Å². The van der Waals surface area contributed by atoms with Crippen molar-refractivity contribution in [2.24, 2.45) is 0 Å². The SMILES string of the molecule is Nc1cc(F)c(SCC2Cc3ccccc32)c(F)c1. The molecule has 0 amide bonds. The number of benzene rings is 2. The van der Waals surface area contributed by atoms with Crippen LogP contribution in [-0.2, 0) is 6.42 Å². The molecule has 0 aliphatic heterocycles. The molecule has 0 aromatic heterocycles. The highest BCUT2D eigenvalue weighted by Crippen LogP contribution is 2.39. The number of nitrogens with two attached hydrogens (primary N) is 1. The van der Waals surface area contributed by atoms with Gasteiger partial charge in [-0.05, 0) is 35.6 Å². The van der Waals surface area contributed by atoms with Gasteiger partial charge in [-0.25, -0.2) is 8.78 Å². The standard InChI is InChI=1S/C15H13F2NS/c16-13-6-11(18)7-14(17)15(13)19-8-10-5-9-3-1-2-4-12(9)10/h1-4,6-7,10H,5,8,18H2. The Morgan fingerprint density at radius 1 is 1.16 bits per heavy atom. The molecule has 2 aromatic rings. The highest BCUT2D eigenvalue weighted by Gasteiger charge is 2.26. The van der Waals surface area contributed by atoms with Crippen LogP contribution in [0.4, 0.5) is 14.5 Å². The van der Waals surface area contributed by atoms with Crippen LogP contribution >= 0.6 is 11.8 Å². The van der Waals surface area contributed by atoms with Gasteiger partial charge in [0.15, 0.2) is 0 Å². The first kappa shape index (κ1) is 12.5. The van der Waals surface area contributed by atoms with Crippen molar-refractivity contribution < 1.29 is 8.78 Å². The molecule has 0 saturated heterocycles. The van der Waals surface area contributed by atoms with Crippen LogP contribution in [0.15, 0.2) is 41.3 Å². The number of fused-ring (bicyclic) bond motifs is 1. The van der Waals surface area contributed by atoms with E-state index in [4.69, 9.17) is 5.73 Å². The van der Waals surface area contributed by atoms with Gasteiger partial charge < -0.3 is 5.73 Å². The number of nitrogen functional groups attached to an aromatic ring is 1. The van der Waals surface area contributed by atoms with Crippen molar-refractivity contribution in [2.75, 3.05) is 11.5 Å². The Balaban J connectivity index is 1.72. The van der Waals surface area contributed by atoms with Crippen LogP contribution in [0.3, 0.4) is 0 Å². The molecule has 0 radical (unpaired) electrons. The summed E-state index contributed by atoms with van der Waals surface area (Å²) >= 11 is 1.22. The number of halogens is 2. The van der Waals surface area contributed by atoms with Gasteiger partial charge in [0.1, 0.15) is 11.6 Å². The lowest BCUT2D eigenvalue weighted by atomic mass is 9.79. The molecule has 0 fully saturated rings. The van der Waals surface area contributed by atoms with Crippen LogP contribution in [-0.4, -0.2) is 5.75 Å². The third-order valence-electron chi connectivity index (χ3n) is 3.41. The predicted octanol–water partition coefficient (Wildman–Crippen LogP) is 3.98. The fraction of sp³-hybridized carbons (Fsp3) is 0.200. The van der Waals surface area contributed by atoms with Gasteiger partial charge in [-0.3, -0.25) is 0 Å². The largest absolute Gasteiger partial charge is 0.399 e. The molecule has 1 atom stereocenters. The van der Waals surface area contributed by atoms with E-state index >= 15 is 0 Å². The zero-order valence-electron chi connectivity index (χ0n) is 10.2. The molecule has 98 valence electrons. The van der Waals surface area contributed by atoms with Crippen molar-refractivity contribution in [1.82, 2.24) is 0 Å². The molecule has 0 saturated carbocycles. The highest BCUT2D eigenvalue weighted by molar-refractivity contribution is 7.99. The summed E-state index contributed by atoms with van der Waals surface area (Å²) in [7, 11) is 0.